The van der Waals surface area contributed by atoms with Crippen LogP contribution in [-0.4, -0.2) is 50.5 Å². The van der Waals surface area contributed by atoms with Crippen molar-refractivity contribution >= 4 is 28.0 Å². The summed E-state index contributed by atoms with van der Waals surface area (Å²) in [4.78, 5) is 27.8. The molecule has 0 radical (unpaired) electrons. The van der Waals surface area contributed by atoms with Crippen molar-refractivity contribution in [3.05, 3.63) is 59.7 Å². The molecule has 0 aromatic heterocycles. The van der Waals surface area contributed by atoms with Crippen molar-refractivity contribution in [1.29, 1.82) is 0 Å². The molecule has 2 heterocycles. The number of hydrogen-bond donors (Lipinski definition) is 2. The standard InChI is InChI=1S/C21H21N3O5S/c1-21(19(25)23-20(26)24-21)13-30(27,28)16-8-6-15(7-9-16)29-12-14-10-11-22-18-5-3-2-4-17(14)18/h2-4,6-11,18H,5,12-13H2,1H3,(H2,23,24,25,26). The number of rotatable bonds is 6. The van der Waals surface area contributed by atoms with Crippen molar-refractivity contribution in [1.82, 2.24) is 10.6 Å². The Kier molecular flexibility index (Phi) is 5.07. The molecule has 0 spiro atoms. The van der Waals surface area contributed by atoms with Crippen molar-refractivity contribution in [3.8, 4) is 5.75 Å². The third kappa shape index (κ3) is 3.93. The van der Waals surface area contributed by atoms with Gasteiger partial charge in [0.25, 0.3) is 5.91 Å². The number of allylic oxidation sites excluding steroid dienone is 3. The molecular weight excluding hydrogens is 406 g/mol. The second-order valence-corrected chi connectivity index (χ2v) is 9.54. The van der Waals surface area contributed by atoms with Crippen LogP contribution in [0.15, 0.2) is 69.6 Å². The number of carbonyl (C=O) groups is 2. The zero-order chi connectivity index (χ0) is 21.4. The Morgan fingerprint density at radius 3 is 2.67 bits per heavy atom. The highest BCUT2D eigenvalue weighted by molar-refractivity contribution is 7.91. The monoisotopic (exact) mass is 427 g/mol. The second kappa shape index (κ2) is 7.56. The van der Waals surface area contributed by atoms with Gasteiger partial charge in [-0.05, 0) is 54.8 Å². The number of benzene rings is 1. The first kappa shape index (κ1) is 20.1. The zero-order valence-corrected chi connectivity index (χ0v) is 17.1. The van der Waals surface area contributed by atoms with Crippen LogP contribution in [0.25, 0.3) is 0 Å². The third-order valence-electron chi connectivity index (χ3n) is 5.22. The van der Waals surface area contributed by atoms with Gasteiger partial charge in [0.05, 0.1) is 16.7 Å². The Balaban J connectivity index is 1.43. The lowest BCUT2D eigenvalue weighted by Gasteiger charge is -2.23. The molecule has 1 saturated heterocycles. The normalized spacial score (nSPS) is 25.2. The Bertz CT molecular complexity index is 1120. The topological polar surface area (TPSA) is 114 Å². The first-order chi connectivity index (χ1) is 14.3. The Labute approximate surface area is 174 Å². The molecule has 3 amide bonds. The van der Waals surface area contributed by atoms with Crippen molar-refractivity contribution in [2.75, 3.05) is 12.4 Å². The van der Waals surface area contributed by atoms with Gasteiger partial charge in [-0.1, -0.05) is 18.2 Å². The number of ether oxygens (including phenoxy) is 1. The molecule has 0 bridgehead atoms. The van der Waals surface area contributed by atoms with E-state index in [0.717, 1.165) is 17.6 Å². The van der Waals surface area contributed by atoms with E-state index in [1.165, 1.54) is 19.1 Å². The number of aliphatic imine (C=N–C) groups is 1. The van der Waals surface area contributed by atoms with Crippen molar-refractivity contribution in [2.24, 2.45) is 4.99 Å². The number of dihydropyridines is 1. The second-order valence-electron chi connectivity index (χ2n) is 7.55. The van der Waals surface area contributed by atoms with Crippen LogP contribution in [0.2, 0.25) is 0 Å². The number of carbonyl (C=O) groups excluding carboxylic acids is 2. The number of nitrogens with one attached hydrogen (secondary N) is 2. The first-order valence-corrected chi connectivity index (χ1v) is 11.1. The van der Waals surface area contributed by atoms with Gasteiger partial charge >= 0.3 is 6.03 Å². The summed E-state index contributed by atoms with van der Waals surface area (Å²) in [5, 5.41) is 4.43. The summed E-state index contributed by atoms with van der Waals surface area (Å²) in [7, 11) is -3.80. The van der Waals surface area contributed by atoms with Crippen LogP contribution >= 0.6 is 0 Å². The number of nitrogens with zero attached hydrogens (tertiary/aromatic N) is 1. The van der Waals surface area contributed by atoms with E-state index in [-0.39, 0.29) is 10.9 Å². The third-order valence-corrected chi connectivity index (χ3v) is 7.16. The maximum Gasteiger partial charge on any atom is 0.322 e. The van der Waals surface area contributed by atoms with Crippen LogP contribution in [0.3, 0.4) is 0 Å². The van der Waals surface area contributed by atoms with Crippen LogP contribution in [0, 0.1) is 0 Å². The molecule has 1 aromatic rings. The lowest BCUT2D eigenvalue weighted by Crippen LogP contribution is -2.49. The molecule has 1 aliphatic carbocycles. The van der Waals surface area contributed by atoms with E-state index in [0.29, 0.717) is 12.4 Å². The van der Waals surface area contributed by atoms with Crippen molar-refractivity contribution in [2.45, 2.75) is 29.8 Å². The summed E-state index contributed by atoms with van der Waals surface area (Å²) in [5.41, 5.74) is 0.662. The first-order valence-electron chi connectivity index (χ1n) is 9.45. The van der Waals surface area contributed by atoms with Crippen LogP contribution in [-0.2, 0) is 14.6 Å². The lowest BCUT2D eigenvalue weighted by molar-refractivity contribution is -0.122. The lowest BCUT2D eigenvalue weighted by atomic mass is 9.91. The predicted octanol–water partition coefficient (Wildman–Crippen LogP) is 1.70. The van der Waals surface area contributed by atoms with E-state index in [1.807, 2.05) is 18.2 Å². The largest absolute Gasteiger partial charge is 0.489 e. The fourth-order valence-corrected chi connectivity index (χ4v) is 5.27. The van der Waals surface area contributed by atoms with Gasteiger partial charge in [0.15, 0.2) is 9.84 Å². The molecule has 9 heteroatoms. The van der Waals surface area contributed by atoms with Crippen LogP contribution in [0.4, 0.5) is 4.79 Å². The molecule has 0 saturated carbocycles. The van der Waals surface area contributed by atoms with E-state index in [2.05, 4.69) is 21.7 Å². The molecule has 1 fully saturated rings. The number of urea groups is 1. The average molecular weight is 427 g/mol. The molecule has 2 unspecified atom stereocenters. The molecule has 4 rings (SSSR count). The Morgan fingerprint density at radius 1 is 1.20 bits per heavy atom. The average Bonchev–Trinajstić information content (AvgIpc) is 2.97. The Morgan fingerprint density at radius 2 is 1.97 bits per heavy atom. The zero-order valence-electron chi connectivity index (χ0n) is 16.3. The van der Waals surface area contributed by atoms with E-state index in [4.69, 9.17) is 4.74 Å². The fourth-order valence-electron chi connectivity index (χ4n) is 3.59. The molecule has 2 N–H and O–H groups in total. The van der Waals surface area contributed by atoms with Crippen LogP contribution < -0.4 is 15.4 Å². The maximum absolute atomic E-state index is 12.7. The molecular formula is C21H21N3O5S. The summed E-state index contributed by atoms with van der Waals surface area (Å²) in [6.45, 7) is 1.73. The van der Waals surface area contributed by atoms with E-state index < -0.39 is 33.1 Å². The SMILES string of the molecule is CC1(CS(=O)(=O)c2ccc(OCC3=CC=NC4CC=CC=C34)cc2)NC(=O)NC1=O. The minimum absolute atomic E-state index is 0.0502. The molecule has 3 aliphatic rings. The summed E-state index contributed by atoms with van der Waals surface area (Å²) in [5.74, 6) is -0.669. The number of sulfone groups is 1. The van der Waals surface area contributed by atoms with E-state index >= 15 is 0 Å². The highest BCUT2D eigenvalue weighted by atomic mass is 32.2. The van der Waals surface area contributed by atoms with E-state index in [1.54, 1.807) is 18.3 Å². The minimum atomic E-state index is -3.80. The van der Waals surface area contributed by atoms with Gasteiger partial charge in [0.1, 0.15) is 17.9 Å². The quantitative estimate of drug-likeness (QED) is 0.671. The number of hydrogen-bond acceptors (Lipinski definition) is 6. The molecule has 30 heavy (non-hydrogen) atoms. The summed E-state index contributed by atoms with van der Waals surface area (Å²) < 4.78 is 31.3. The molecule has 8 nitrogen and oxygen atoms in total. The minimum Gasteiger partial charge on any atom is -0.489 e. The maximum atomic E-state index is 12.7. The van der Waals surface area contributed by atoms with Crippen LogP contribution in [0.5, 0.6) is 5.75 Å². The van der Waals surface area contributed by atoms with Gasteiger partial charge in [0.2, 0.25) is 0 Å². The number of amides is 3. The number of fused-ring (bicyclic) bond motifs is 1. The molecule has 2 atom stereocenters. The van der Waals surface area contributed by atoms with Gasteiger partial charge < -0.3 is 10.1 Å². The van der Waals surface area contributed by atoms with E-state index in [9.17, 15) is 18.0 Å². The van der Waals surface area contributed by atoms with Gasteiger partial charge in [-0.25, -0.2) is 13.2 Å². The summed E-state index contributed by atoms with van der Waals surface area (Å²) >= 11 is 0. The summed E-state index contributed by atoms with van der Waals surface area (Å²) in [6.07, 6.45) is 10.7. The fraction of sp³-hybridized carbons (Fsp3) is 0.286. The molecule has 2 aliphatic heterocycles. The van der Waals surface area contributed by atoms with Crippen molar-refractivity contribution < 1.29 is 22.7 Å². The van der Waals surface area contributed by atoms with Gasteiger partial charge in [-0.3, -0.25) is 15.1 Å². The summed E-state index contributed by atoms with van der Waals surface area (Å²) in [6, 6.07) is 5.45. The van der Waals surface area contributed by atoms with Gasteiger partial charge in [-0.2, -0.15) is 0 Å². The Hall–Kier alpha value is -3.20. The molecule has 1 aromatic carbocycles. The highest BCUT2D eigenvalue weighted by Gasteiger charge is 2.45. The van der Waals surface area contributed by atoms with Gasteiger partial charge in [0, 0.05) is 6.21 Å². The smallest absolute Gasteiger partial charge is 0.322 e. The van der Waals surface area contributed by atoms with Crippen LogP contribution in [0.1, 0.15) is 13.3 Å². The predicted molar refractivity (Wildman–Crippen MR) is 111 cm³/mol. The highest BCUT2D eigenvalue weighted by Crippen LogP contribution is 2.27. The van der Waals surface area contributed by atoms with Crippen molar-refractivity contribution in [3.63, 3.8) is 0 Å². The molecule has 156 valence electrons. The van der Waals surface area contributed by atoms with Gasteiger partial charge in [-0.15, -0.1) is 0 Å². The number of imide groups is 1.